The number of carbonyl (C=O) groups is 1. The maximum Gasteiger partial charge on any atom is 2.00 e. The topological polar surface area (TPSA) is 30.0 Å². The molecule has 4 heteroatoms. The predicted octanol–water partition coefficient (Wildman–Crippen LogP) is 6.21. The molecule has 1 heterocycles. The maximum atomic E-state index is 12.9. The Labute approximate surface area is 181 Å². The monoisotopic (exact) mass is 425 g/mol. The van der Waals surface area contributed by atoms with Gasteiger partial charge in [0, 0.05) is 11.3 Å². The molecule has 0 saturated carbocycles. The Morgan fingerprint density at radius 1 is 1.00 bits per heavy atom. The van der Waals surface area contributed by atoms with Crippen LogP contribution in [0.1, 0.15) is 21.6 Å². The summed E-state index contributed by atoms with van der Waals surface area (Å²) in [6, 6.07) is 27.5. The summed E-state index contributed by atoms with van der Waals surface area (Å²) >= 11 is 0. The predicted molar refractivity (Wildman–Crippen MR) is 112 cm³/mol. The summed E-state index contributed by atoms with van der Waals surface area (Å²) in [5.41, 5.74) is 3.93. The second-order valence-corrected chi connectivity index (χ2v) is 6.21. The van der Waals surface area contributed by atoms with Gasteiger partial charge in [-0.15, -0.1) is 18.2 Å². The third-order valence-electron chi connectivity index (χ3n) is 4.16. The average molecular weight is 425 g/mol. The fourth-order valence-corrected chi connectivity index (χ4v) is 2.68. The normalized spacial score (nSPS) is 10.1. The Morgan fingerprint density at radius 2 is 1.66 bits per heavy atom. The quantitative estimate of drug-likeness (QED) is 0.168. The number of benzene rings is 1. The van der Waals surface area contributed by atoms with E-state index in [0.717, 1.165) is 16.8 Å². The first-order valence-corrected chi connectivity index (χ1v) is 8.98. The van der Waals surface area contributed by atoms with Crippen LogP contribution in [0, 0.1) is 12.7 Å². The molecule has 0 spiro atoms. The van der Waals surface area contributed by atoms with Gasteiger partial charge in [0.05, 0.1) is 0 Å². The largest absolute Gasteiger partial charge is 2.00 e. The molecule has 0 bridgehead atoms. The van der Waals surface area contributed by atoms with Crippen molar-refractivity contribution in [3.8, 4) is 11.3 Å². The third kappa shape index (κ3) is 6.49. The third-order valence-corrected chi connectivity index (χ3v) is 4.16. The minimum atomic E-state index is -0.295. The number of carbonyl (C=O) groups excluding carboxylic acids is 1. The number of aromatic nitrogens is 1. The van der Waals surface area contributed by atoms with E-state index in [1.54, 1.807) is 24.3 Å². The molecule has 0 saturated heterocycles. The maximum absolute atomic E-state index is 12.9. The first kappa shape index (κ1) is 22.2. The van der Waals surface area contributed by atoms with Crippen LogP contribution in [-0.2, 0) is 17.1 Å². The van der Waals surface area contributed by atoms with Crippen LogP contribution in [0.4, 0.5) is 4.39 Å². The van der Waals surface area contributed by atoms with Crippen molar-refractivity contribution in [2.75, 3.05) is 0 Å². The molecule has 4 aromatic rings. The van der Waals surface area contributed by atoms with E-state index in [4.69, 9.17) is 0 Å². The Kier molecular flexibility index (Phi) is 8.47. The van der Waals surface area contributed by atoms with Gasteiger partial charge in [0.2, 0.25) is 0 Å². The summed E-state index contributed by atoms with van der Waals surface area (Å²) < 4.78 is 12.9. The van der Waals surface area contributed by atoms with Crippen LogP contribution in [0.2, 0.25) is 0 Å². The van der Waals surface area contributed by atoms with Gasteiger partial charge in [0.25, 0.3) is 0 Å². The van der Waals surface area contributed by atoms with E-state index in [2.05, 4.69) is 4.98 Å². The van der Waals surface area contributed by atoms with Crippen LogP contribution < -0.4 is 0 Å². The van der Waals surface area contributed by atoms with E-state index in [1.165, 1.54) is 18.2 Å². The van der Waals surface area contributed by atoms with E-state index in [9.17, 15) is 9.18 Å². The van der Waals surface area contributed by atoms with Crippen molar-refractivity contribution in [2.24, 2.45) is 0 Å². The number of hydrogen-bond donors (Lipinski definition) is 0. The minimum Gasteiger partial charge on any atom is -0.289 e. The molecule has 1 aromatic heterocycles. The molecule has 3 aromatic carbocycles. The fraction of sp³-hybridized carbons (Fsp3) is 0.0400. The molecule has 29 heavy (non-hydrogen) atoms. The molecule has 4 rings (SSSR count). The standard InChI is InChI=1S/C20H15FNO.C5H5.Fe/c1-14-18(11-12-19(22-14)16-4-2-3-5-16)20(23)13-8-15-6-9-17(21)10-7-15;1-2-4-5-3-1;/h2-13H,1H3;1-5H;/q2*-1;+2. The van der Waals surface area contributed by atoms with Crippen LogP contribution in [-0.4, -0.2) is 10.8 Å². The van der Waals surface area contributed by atoms with Gasteiger partial charge in [0.1, 0.15) is 5.82 Å². The molecule has 0 aliphatic heterocycles. The van der Waals surface area contributed by atoms with E-state index in [0.29, 0.717) is 11.3 Å². The van der Waals surface area contributed by atoms with Gasteiger partial charge < -0.3 is 0 Å². The molecule has 0 unspecified atom stereocenters. The van der Waals surface area contributed by atoms with E-state index < -0.39 is 0 Å². The number of hydrogen-bond acceptors (Lipinski definition) is 2. The first-order chi connectivity index (χ1) is 13.6. The molecule has 2 nitrogen and oxygen atoms in total. The van der Waals surface area contributed by atoms with Crippen molar-refractivity contribution in [1.82, 2.24) is 4.98 Å². The van der Waals surface area contributed by atoms with E-state index in [-0.39, 0.29) is 28.7 Å². The molecular formula is C25H20FFeNO. The number of allylic oxidation sites excluding steroid dienone is 1. The summed E-state index contributed by atoms with van der Waals surface area (Å²) in [4.78, 5) is 16.8. The van der Waals surface area contributed by atoms with Crippen molar-refractivity contribution in [3.63, 3.8) is 0 Å². The summed E-state index contributed by atoms with van der Waals surface area (Å²) in [5, 5.41) is 0. The SMILES string of the molecule is Cc1nc(-[c-]2cccc2)ccc1C(=O)C=Cc1ccc(F)cc1.[Fe+2].c1cc[cH-]c1. The Balaban J connectivity index is 0.000000437. The van der Waals surface area contributed by atoms with Gasteiger partial charge in [-0.3, -0.25) is 9.78 Å². The second kappa shape index (κ2) is 11.1. The summed E-state index contributed by atoms with van der Waals surface area (Å²) in [6.07, 6.45) is 3.16. The first-order valence-electron chi connectivity index (χ1n) is 8.98. The Hall–Kier alpha value is -3.07. The molecule has 0 aliphatic rings. The Morgan fingerprint density at radius 3 is 2.21 bits per heavy atom. The van der Waals surface area contributed by atoms with Gasteiger partial charge in [-0.05, 0) is 36.4 Å². The number of halogens is 1. The second-order valence-electron chi connectivity index (χ2n) is 6.21. The zero-order valence-electron chi connectivity index (χ0n) is 15.9. The summed E-state index contributed by atoms with van der Waals surface area (Å²) in [6.45, 7) is 1.82. The van der Waals surface area contributed by atoms with Gasteiger partial charge in [-0.1, -0.05) is 29.8 Å². The molecule has 146 valence electrons. The number of aryl methyl sites for hydroxylation is 1. The number of rotatable bonds is 4. The van der Waals surface area contributed by atoms with Crippen LogP contribution in [0.25, 0.3) is 17.3 Å². The molecule has 0 amide bonds. The fourth-order valence-electron chi connectivity index (χ4n) is 2.68. The molecule has 0 fully saturated rings. The number of pyridine rings is 1. The van der Waals surface area contributed by atoms with Crippen LogP contribution in [0.5, 0.6) is 0 Å². The number of nitrogens with zero attached hydrogens (tertiary/aromatic N) is 1. The van der Waals surface area contributed by atoms with Crippen molar-refractivity contribution in [3.05, 3.63) is 120 Å². The molecule has 0 aliphatic carbocycles. The van der Waals surface area contributed by atoms with Crippen LogP contribution in [0.15, 0.2) is 97.1 Å². The summed E-state index contributed by atoms with van der Waals surface area (Å²) in [7, 11) is 0. The minimum absolute atomic E-state index is 0. The average Bonchev–Trinajstić information content (AvgIpc) is 3.43. The zero-order valence-corrected chi connectivity index (χ0v) is 17.0. The van der Waals surface area contributed by atoms with Crippen LogP contribution >= 0.6 is 0 Å². The Bertz CT molecular complexity index is 1020. The molecule has 0 N–H and O–H groups in total. The molecule has 0 atom stereocenters. The molecule has 0 radical (unpaired) electrons. The van der Waals surface area contributed by atoms with Crippen molar-refractivity contribution in [2.45, 2.75) is 6.92 Å². The number of ketones is 1. The van der Waals surface area contributed by atoms with E-state index >= 15 is 0 Å². The smallest absolute Gasteiger partial charge is 0.289 e. The van der Waals surface area contributed by atoms with Crippen molar-refractivity contribution in [1.29, 1.82) is 0 Å². The van der Waals surface area contributed by atoms with Gasteiger partial charge in [0.15, 0.2) is 5.78 Å². The van der Waals surface area contributed by atoms with Crippen molar-refractivity contribution < 1.29 is 26.3 Å². The summed E-state index contributed by atoms with van der Waals surface area (Å²) in [5.74, 6) is -0.412. The van der Waals surface area contributed by atoms with Gasteiger partial charge in [-0.2, -0.15) is 30.3 Å². The van der Waals surface area contributed by atoms with Crippen LogP contribution in [0.3, 0.4) is 0 Å². The van der Waals surface area contributed by atoms with Gasteiger partial charge in [-0.25, -0.2) is 16.5 Å². The zero-order chi connectivity index (χ0) is 19.8. The van der Waals surface area contributed by atoms with Gasteiger partial charge >= 0.3 is 17.1 Å². The van der Waals surface area contributed by atoms with Crippen molar-refractivity contribution >= 4 is 11.9 Å². The molecular weight excluding hydrogens is 405 g/mol. The van der Waals surface area contributed by atoms with E-state index in [1.807, 2.05) is 67.6 Å².